The SMILES string of the molecule is O=[N+]([O-])[O-].c1cc[nH+]nc1. The molecule has 0 atom stereocenters. The summed E-state index contributed by atoms with van der Waals surface area (Å²) in [4.78, 5) is 8.25. The largest absolute Gasteiger partial charge is 0.356 e. The topological polar surface area (TPSA) is 93.2 Å². The Labute approximate surface area is 56.2 Å². The van der Waals surface area contributed by atoms with Gasteiger partial charge in [0.2, 0.25) is 0 Å². The summed E-state index contributed by atoms with van der Waals surface area (Å²) in [5.41, 5.74) is 0. The van der Waals surface area contributed by atoms with E-state index in [2.05, 4.69) is 10.2 Å². The molecule has 1 aromatic rings. The zero-order chi connectivity index (χ0) is 7.82. The molecular formula is C4H5N3O3. The molecule has 54 valence electrons. The summed E-state index contributed by atoms with van der Waals surface area (Å²) in [7, 11) is 0. The van der Waals surface area contributed by atoms with Crippen molar-refractivity contribution in [1.29, 1.82) is 0 Å². The molecule has 0 spiro atoms. The molecule has 10 heavy (non-hydrogen) atoms. The minimum absolute atomic E-state index is 1.69. The number of hydrogen-bond acceptors (Lipinski definition) is 4. The molecule has 0 amide bonds. The van der Waals surface area contributed by atoms with Crippen molar-refractivity contribution in [1.82, 2.24) is 5.10 Å². The fourth-order valence-corrected chi connectivity index (χ4v) is 0.277. The Balaban J connectivity index is 0.000000180. The number of hydrogen-bond donors (Lipinski definition) is 0. The molecule has 1 heterocycles. The lowest BCUT2D eigenvalue weighted by atomic mass is 10.6. The predicted molar refractivity (Wildman–Crippen MR) is 31.2 cm³/mol. The molecule has 1 N–H and O–H groups in total. The summed E-state index contributed by atoms with van der Waals surface area (Å²) in [5, 5.41) is 21.1. The Bertz CT molecular complexity index is 148. The highest BCUT2D eigenvalue weighted by Crippen LogP contribution is 1.63. The Morgan fingerprint density at radius 1 is 1.40 bits per heavy atom. The zero-order valence-corrected chi connectivity index (χ0v) is 4.93. The van der Waals surface area contributed by atoms with E-state index >= 15 is 0 Å². The van der Waals surface area contributed by atoms with Crippen molar-refractivity contribution in [2.45, 2.75) is 0 Å². The van der Waals surface area contributed by atoms with Gasteiger partial charge in [-0.15, -0.1) is 5.10 Å². The Morgan fingerprint density at radius 2 is 2.00 bits per heavy atom. The number of nitrogens with one attached hydrogen (secondary N) is 1. The van der Waals surface area contributed by atoms with Crippen LogP contribution < -0.4 is 5.10 Å². The molecule has 0 bridgehead atoms. The lowest BCUT2D eigenvalue weighted by Gasteiger charge is -1.74. The molecule has 6 nitrogen and oxygen atoms in total. The van der Waals surface area contributed by atoms with E-state index in [1.54, 1.807) is 12.4 Å². The van der Waals surface area contributed by atoms with Crippen LogP contribution in [-0.4, -0.2) is 10.2 Å². The second-order valence-electron chi connectivity index (χ2n) is 1.18. The minimum Gasteiger partial charge on any atom is -0.356 e. The molecule has 6 heteroatoms. The van der Waals surface area contributed by atoms with Crippen LogP contribution in [0.5, 0.6) is 0 Å². The summed E-state index contributed by atoms with van der Waals surface area (Å²) < 4.78 is 0. The second kappa shape index (κ2) is 5.42. The van der Waals surface area contributed by atoms with Gasteiger partial charge >= 0.3 is 0 Å². The first-order valence-corrected chi connectivity index (χ1v) is 2.32. The third kappa shape index (κ3) is 9.56. The van der Waals surface area contributed by atoms with E-state index in [1.165, 1.54) is 0 Å². The summed E-state index contributed by atoms with van der Waals surface area (Å²) in [6.07, 6.45) is 3.46. The fourth-order valence-electron chi connectivity index (χ4n) is 0.277. The van der Waals surface area contributed by atoms with Gasteiger partial charge in [-0.05, 0) is 11.2 Å². The van der Waals surface area contributed by atoms with Crippen molar-refractivity contribution in [2.75, 3.05) is 0 Å². The average molecular weight is 143 g/mol. The summed E-state index contributed by atoms with van der Waals surface area (Å²) in [6.45, 7) is 0. The van der Waals surface area contributed by atoms with Gasteiger partial charge in [0.15, 0.2) is 6.20 Å². The smallest absolute Gasteiger partial charge is 0.193 e. The molecule has 0 saturated heterocycles. The number of aromatic amines is 1. The van der Waals surface area contributed by atoms with Gasteiger partial charge in [-0.2, -0.15) is 0 Å². The van der Waals surface area contributed by atoms with Gasteiger partial charge in [0, 0.05) is 6.07 Å². The van der Waals surface area contributed by atoms with E-state index in [0.717, 1.165) is 0 Å². The van der Waals surface area contributed by atoms with E-state index in [9.17, 15) is 0 Å². The Kier molecular flexibility index (Phi) is 4.49. The molecular weight excluding hydrogens is 138 g/mol. The van der Waals surface area contributed by atoms with Gasteiger partial charge in [-0.1, -0.05) is 0 Å². The van der Waals surface area contributed by atoms with E-state index < -0.39 is 5.09 Å². The van der Waals surface area contributed by atoms with E-state index in [4.69, 9.17) is 15.3 Å². The maximum atomic E-state index is 8.25. The number of rotatable bonds is 0. The van der Waals surface area contributed by atoms with Crippen LogP contribution in [0.2, 0.25) is 0 Å². The van der Waals surface area contributed by atoms with Crippen molar-refractivity contribution < 1.29 is 10.2 Å². The molecule has 0 aliphatic heterocycles. The molecule has 0 radical (unpaired) electrons. The molecule has 0 fully saturated rings. The van der Waals surface area contributed by atoms with Crippen molar-refractivity contribution in [2.24, 2.45) is 0 Å². The van der Waals surface area contributed by atoms with Gasteiger partial charge in [0.1, 0.15) is 0 Å². The van der Waals surface area contributed by atoms with Gasteiger partial charge in [-0.3, -0.25) is 0 Å². The molecule has 0 aliphatic rings. The summed E-state index contributed by atoms with van der Waals surface area (Å²) >= 11 is 0. The van der Waals surface area contributed by atoms with Crippen molar-refractivity contribution in [3.8, 4) is 0 Å². The Morgan fingerprint density at radius 3 is 2.10 bits per heavy atom. The number of aromatic nitrogens is 2. The van der Waals surface area contributed by atoms with Crippen LogP contribution in [-0.2, 0) is 0 Å². The predicted octanol–water partition coefficient (Wildman–Crippen LogP) is -0.343. The normalized spacial score (nSPS) is 7.20. The van der Waals surface area contributed by atoms with Gasteiger partial charge in [0.25, 0.3) is 0 Å². The monoisotopic (exact) mass is 143 g/mol. The number of nitrogens with zero attached hydrogens (tertiary/aromatic N) is 2. The first-order chi connectivity index (χ1) is 4.73. The third-order valence-corrected chi connectivity index (χ3v) is 0.517. The zero-order valence-electron chi connectivity index (χ0n) is 4.93. The lowest BCUT2D eigenvalue weighted by molar-refractivity contribution is -0.455. The van der Waals surface area contributed by atoms with Crippen LogP contribution in [0.3, 0.4) is 0 Å². The van der Waals surface area contributed by atoms with Gasteiger partial charge < -0.3 is 15.3 Å². The van der Waals surface area contributed by atoms with Crippen LogP contribution in [0.25, 0.3) is 0 Å². The van der Waals surface area contributed by atoms with Crippen molar-refractivity contribution in [3.63, 3.8) is 0 Å². The first-order valence-electron chi connectivity index (χ1n) is 2.32. The standard InChI is InChI=1S/C4H4N2.NO3/c1-2-4-6-5-3-1;2-1(3)4/h1-4H;/q;-1/p+1. The quantitative estimate of drug-likeness (QED) is 0.366. The highest BCUT2D eigenvalue weighted by atomic mass is 16.9. The third-order valence-electron chi connectivity index (χ3n) is 0.517. The molecule has 0 aliphatic carbocycles. The molecule has 1 rings (SSSR count). The van der Waals surface area contributed by atoms with Crippen molar-refractivity contribution >= 4 is 0 Å². The average Bonchev–Trinajstić information content (AvgIpc) is 1.90. The minimum atomic E-state index is -1.75. The van der Waals surface area contributed by atoms with Crippen LogP contribution in [0.15, 0.2) is 24.5 Å². The van der Waals surface area contributed by atoms with Crippen LogP contribution in [0, 0.1) is 15.3 Å². The van der Waals surface area contributed by atoms with E-state index in [-0.39, 0.29) is 0 Å². The molecule has 1 aromatic heterocycles. The first kappa shape index (κ1) is 8.28. The maximum Gasteiger partial charge on any atom is 0.193 e. The van der Waals surface area contributed by atoms with E-state index in [0.29, 0.717) is 0 Å². The second-order valence-corrected chi connectivity index (χ2v) is 1.18. The van der Waals surface area contributed by atoms with Gasteiger partial charge in [-0.25, -0.2) is 0 Å². The summed E-state index contributed by atoms with van der Waals surface area (Å²) in [6, 6.07) is 3.74. The molecule has 0 saturated carbocycles. The molecule has 0 unspecified atom stereocenters. The molecule has 0 aromatic carbocycles. The van der Waals surface area contributed by atoms with E-state index in [1.807, 2.05) is 12.1 Å². The summed E-state index contributed by atoms with van der Waals surface area (Å²) in [5.74, 6) is 0. The Hall–Kier alpha value is -1.72. The van der Waals surface area contributed by atoms with Crippen LogP contribution >= 0.6 is 0 Å². The van der Waals surface area contributed by atoms with Crippen molar-refractivity contribution in [3.05, 3.63) is 39.8 Å². The maximum absolute atomic E-state index is 8.25. The van der Waals surface area contributed by atoms with Crippen LogP contribution in [0.1, 0.15) is 0 Å². The fraction of sp³-hybridized carbons (Fsp3) is 0. The highest BCUT2D eigenvalue weighted by Gasteiger charge is 1.66. The lowest BCUT2D eigenvalue weighted by Crippen LogP contribution is -2.02. The number of H-pyrrole nitrogens is 1. The van der Waals surface area contributed by atoms with Gasteiger partial charge in [0.05, 0.1) is 11.3 Å². The van der Waals surface area contributed by atoms with Crippen LogP contribution in [0.4, 0.5) is 0 Å². The highest BCUT2D eigenvalue weighted by molar-refractivity contribution is 4.75.